The maximum Gasteiger partial charge on any atom is 0.308 e. The van der Waals surface area contributed by atoms with Crippen LogP contribution < -0.4 is 4.74 Å². The van der Waals surface area contributed by atoms with Gasteiger partial charge in [-0.05, 0) is 93.1 Å². The number of hydrogen-bond acceptors (Lipinski definition) is 6. The fourth-order valence-electron chi connectivity index (χ4n) is 5.93. The molecule has 2 aliphatic rings. The number of carboxylic acids is 1. The Labute approximate surface area is 219 Å². The van der Waals surface area contributed by atoms with E-state index in [9.17, 15) is 15.0 Å². The fourth-order valence-corrected chi connectivity index (χ4v) is 7.23. The second-order valence-electron chi connectivity index (χ2n) is 10.5. The number of hydrogen-bond donors (Lipinski definition) is 2. The molecule has 7 heteroatoms. The summed E-state index contributed by atoms with van der Waals surface area (Å²) in [7, 11) is 1.63. The Kier molecular flexibility index (Phi) is 10.3. The van der Waals surface area contributed by atoms with Gasteiger partial charge in [-0.2, -0.15) is 11.8 Å². The van der Waals surface area contributed by atoms with Gasteiger partial charge in [0.2, 0.25) is 0 Å². The Morgan fingerprint density at radius 2 is 2.00 bits per heavy atom. The minimum absolute atomic E-state index is 0.0939. The monoisotopic (exact) mass is 514 g/mol. The molecule has 6 nitrogen and oxygen atoms in total. The Balaban J connectivity index is 1.26. The lowest BCUT2D eigenvalue weighted by molar-refractivity contribution is -0.146. The second kappa shape index (κ2) is 13.6. The van der Waals surface area contributed by atoms with Crippen molar-refractivity contribution in [3.8, 4) is 5.75 Å². The van der Waals surface area contributed by atoms with E-state index < -0.39 is 12.1 Å². The summed E-state index contributed by atoms with van der Waals surface area (Å²) in [6.07, 6.45) is 12.6. The number of fused-ring (bicyclic) bond motifs is 1. The number of ether oxygens (including phenoxy) is 1. The zero-order valence-electron chi connectivity index (χ0n) is 21.6. The van der Waals surface area contributed by atoms with Gasteiger partial charge in [-0.3, -0.25) is 9.78 Å². The number of nitrogens with zero attached hydrogens (tertiary/aromatic N) is 2. The first-order chi connectivity index (χ1) is 17.5. The van der Waals surface area contributed by atoms with Crippen LogP contribution in [-0.2, 0) is 4.79 Å². The van der Waals surface area contributed by atoms with Crippen LogP contribution in [0.3, 0.4) is 0 Å². The van der Waals surface area contributed by atoms with E-state index in [2.05, 4.69) is 21.6 Å². The van der Waals surface area contributed by atoms with Crippen LogP contribution in [0.5, 0.6) is 5.75 Å². The molecule has 36 heavy (non-hydrogen) atoms. The van der Waals surface area contributed by atoms with E-state index in [1.807, 2.05) is 24.3 Å². The van der Waals surface area contributed by atoms with Crippen LogP contribution in [0.15, 0.2) is 30.5 Å². The smallest absolute Gasteiger partial charge is 0.308 e. The number of aliphatic carboxylic acids is 1. The Bertz CT molecular complexity index is 979. The molecule has 0 bridgehead atoms. The first-order valence-corrected chi connectivity index (χ1v) is 14.8. The molecular weight excluding hydrogens is 472 g/mol. The molecular formula is C29H42N2O4S. The van der Waals surface area contributed by atoms with Gasteiger partial charge >= 0.3 is 5.97 Å². The first kappa shape index (κ1) is 27.2. The van der Waals surface area contributed by atoms with Crippen LogP contribution in [0.25, 0.3) is 10.9 Å². The average molecular weight is 515 g/mol. The highest BCUT2D eigenvalue weighted by molar-refractivity contribution is 7.99. The van der Waals surface area contributed by atoms with E-state index in [0.717, 1.165) is 53.4 Å². The summed E-state index contributed by atoms with van der Waals surface area (Å²) in [5.41, 5.74) is 1.65. The first-order valence-electron chi connectivity index (χ1n) is 13.7. The summed E-state index contributed by atoms with van der Waals surface area (Å²) in [5.74, 6) is 0.936. The molecule has 1 aromatic carbocycles. The molecule has 198 valence electrons. The Morgan fingerprint density at radius 3 is 2.75 bits per heavy atom. The largest absolute Gasteiger partial charge is 0.497 e. The maximum absolute atomic E-state index is 12.1. The van der Waals surface area contributed by atoms with E-state index in [1.165, 1.54) is 44.3 Å². The molecule has 1 saturated heterocycles. The number of aliphatic hydroxyl groups excluding tert-OH is 1. The molecule has 0 spiro atoms. The predicted molar refractivity (Wildman–Crippen MR) is 147 cm³/mol. The number of methoxy groups -OCH3 is 1. The number of pyridine rings is 1. The molecule has 2 N–H and O–H groups in total. The highest BCUT2D eigenvalue weighted by Gasteiger charge is 2.34. The number of rotatable bonds is 11. The van der Waals surface area contributed by atoms with Gasteiger partial charge in [-0.1, -0.05) is 25.7 Å². The zero-order chi connectivity index (χ0) is 25.3. The topological polar surface area (TPSA) is 82.9 Å². The van der Waals surface area contributed by atoms with E-state index in [0.29, 0.717) is 19.4 Å². The number of aliphatic hydroxyl groups is 1. The van der Waals surface area contributed by atoms with Gasteiger partial charge in [0, 0.05) is 23.4 Å². The molecule has 0 unspecified atom stereocenters. The molecule has 1 aromatic heterocycles. The number of piperidine rings is 1. The molecule has 0 radical (unpaired) electrons. The summed E-state index contributed by atoms with van der Waals surface area (Å²) >= 11 is 2.14. The van der Waals surface area contributed by atoms with Crippen molar-refractivity contribution in [2.24, 2.45) is 11.8 Å². The number of carboxylic acid groups (broad SMARTS) is 1. The minimum atomic E-state index is -0.703. The number of benzene rings is 1. The molecule has 0 amide bonds. The standard InChI is InChI=1S/C29H42N2O4S/c1-35-22-10-11-27-25(19-22)24(13-15-30-27)28(32)12-9-21-14-17-31(20-26(21)29(33)34)16-6-18-36-23-7-4-2-3-5-8-23/h10-11,13,15,19,21,23,26,28,32H,2-9,12,14,16-18,20H2,1H3,(H,33,34)/t21-,26+,28-/m1/s1. The van der Waals surface area contributed by atoms with Crippen molar-refractivity contribution in [1.29, 1.82) is 0 Å². The average Bonchev–Trinajstić information content (AvgIpc) is 3.18. The van der Waals surface area contributed by atoms with Gasteiger partial charge < -0.3 is 19.8 Å². The Hall–Kier alpha value is -1.83. The van der Waals surface area contributed by atoms with Crippen molar-refractivity contribution >= 4 is 28.6 Å². The number of likely N-dealkylation sites (tertiary alicyclic amines) is 1. The van der Waals surface area contributed by atoms with Crippen LogP contribution >= 0.6 is 11.8 Å². The van der Waals surface area contributed by atoms with Gasteiger partial charge in [-0.25, -0.2) is 0 Å². The SMILES string of the molecule is COc1ccc2nccc([C@H](O)CC[C@@H]3CCN(CCCSC4CCCCCC4)C[C@@H]3C(=O)O)c2c1. The normalized spacial score (nSPS) is 22.8. The van der Waals surface area contributed by atoms with E-state index >= 15 is 0 Å². The molecule has 4 rings (SSSR count). The Morgan fingerprint density at radius 1 is 1.19 bits per heavy atom. The van der Waals surface area contributed by atoms with Crippen LogP contribution in [0.4, 0.5) is 0 Å². The lowest BCUT2D eigenvalue weighted by Crippen LogP contribution is -2.44. The third-order valence-corrected chi connectivity index (χ3v) is 9.55. The molecule has 1 saturated carbocycles. The summed E-state index contributed by atoms with van der Waals surface area (Å²) in [5, 5.41) is 22.7. The van der Waals surface area contributed by atoms with Crippen molar-refractivity contribution in [3.05, 3.63) is 36.0 Å². The summed E-state index contributed by atoms with van der Waals surface area (Å²) in [6, 6.07) is 7.53. The minimum Gasteiger partial charge on any atom is -0.497 e. The van der Waals surface area contributed by atoms with Crippen LogP contribution in [0.2, 0.25) is 0 Å². The summed E-state index contributed by atoms with van der Waals surface area (Å²) in [4.78, 5) is 18.9. The zero-order valence-corrected chi connectivity index (χ0v) is 22.4. The summed E-state index contributed by atoms with van der Waals surface area (Å²) < 4.78 is 5.35. The van der Waals surface area contributed by atoms with Gasteiger partial charge in [0.25, 0.3) is 0 Å². The molecule has 2 fully saturated rings. The van der Waals surface area contributed by atoms with Crippen molar-refractivity contribution in [1.82, 2.24) is 9.88 Å². The summed E-state index contributed by atoms with van der Waals surface area (Å²) in [6.45, 7) is 2.57. The number of carbonyl (C=O) groups is 1. The van der Waals surface area contributed by atoms with Gasteiger partial charge in [-0.15, -0.1) is 0 Å². The van der Waals surface area contributed by atoms with Gasteiger partial charge in [0.05, 0.1) is 24.6 Å². The number of aromatic nitrogens is 1. The fraction of sp³-hybridized carbons (Fsp3) is 0.655. The highest BCUT2D eigenvalue weighted by atomic mass is 32.2. The van der Waals surface area contributed by atoms with Gasteiger partial charge in [0.15, 0.2) is 0 Å². The lowest BCUT2D eigenvalue weighted by Gasteiger charge is -2.37. The van der Waals surface area contributed by atoms with Crippen LogP contribution in [0.1, 0.15) is 75.9 Å². The highest BCUT2D eigenvalue weighted by Crippen LogP contribution is 2.34. The molecule has 3 atom stereocenters. The number of thioether (sulfide) groups is 1. The third-order valence-electron chi connectivity index (χ3n) is 8.08. The van der Waals surface area contributed by atoms with E-state index in [4.69, 9.17) is 4.74 Å². The van der Waals surface area contributed by atoms with E-state index in [-0.39, 0.29) is 11.8 Å². The predicted octanol–water partition coefficient (Wildman–Crippen LogP) is 5.93. The van der Waals surface area contributed by atoms with Gasteiger partial charge in [0.1, 0.15) is 5.75 Å². The molecule has 2 aromatic rings. The quantitative estimate of drug-likeness (QED) is 0.284. The third kappa shape index (κ3) is 7.36. The molecule has 1 aliphatic carbocycles. The molecule has 2 heterocycles. The van der Waals surface area contributed by atoms with Crippen molar-refractivity contribution < 1.29 is 19.7 Å². The maximum atomic E-state index is 12.1. The van der Waals surface area contributed by atoms with Crippen LogP contribution in [0, 0.1) is 11.8 Å². The van der Waals surface area contributed by atoms with Crippen molar-refractivity contribution in [2.75, 3.05) is 32.5 Å². The van der Waals surface area contributed by atoms with E-state index in [1.54, 1.807) is 13.3 Å². The lowest BCUT2D eigenvalue weighted by atomic mass is 9.81. The van der Waals surface area contributed by atoms with Crippen LogP contribution in [-0.4, -0.2) is 63.8 Å². The van der Waals surface area contributed by atoms with Crippen molar-refractivity contribution in [3.63, 3.8) is 0 Å². The van der Waals surface area contributed by atoms with Crippen molar-refractivity contribution in [2.45, 2.75) is 75.6 Å². The second-order valence-corrected chi connectivity index (χ2v) is 11.9. The molecule has 1 aliphatic heterocycles.